The van der Waals surface area contributed by atoms with Gasteiger partial charge in [-0.15, -0.1) is 12.4 Å². The maximum absolute atomic E-state index is 12.9. The molecule has 0 spiro atoms. The maximum Gasteiger partial charge on any atom is 0.267 e. The standard InChI is InChI=1S/C24H25N5O3.ClH/c30-23(27-32)10-4-18-3-9-22(25-17-18)26-20-11-15-29(16-12-20)24(31)19-5-7-21(8-6-19)28-13-1-2-14-28;/h1-10,13-14,17,20,32H,11-12,15-16H2,(H,25,26)(H,27,30);1H/b10-4+;. The monoisotopic (exact) mass is 467 g/mol. The highest BCUT2D eigenvalue weighted by Crippen LogP contribution is 2.19. The molecular weight excluding hydrogens is 442 g/mol. The third-order valence-corrected chi connectivity index (χ3v) is 5.47. The number of carbonyl (C=O) groups is 2. The Balaban J connectivity index is 0.00000306. The molecule has 3 heterocycles. The van der Waals surface area contributed by atoms with Crippen LogP contribution in [0.4, 0.5) is 5.82 Å². The molecule has 1 aliphatic heterocycles. The first kappa shape index (κ1) is 24.0. The number of hydrogen-bond donors (Lipinski definition) is 3. The molecule has 1 aliphatic rings. The van der Waals surface area contributed by atoms with Gasteiger partial charge >= 0.3 is 0 Å². The molecule has 0 radical (unpaired) electrons. The Morgan fingerprint density at radius 1 is 1.03 bits per heavy atom. The Hall–Kier alpha value is -3.62. The molecule has 3 N–H and O–H groups in total. The van der Waals surface area contributed by atoms with Crippen molar-refractivity contribution in [2.24, 2.45) is 0 Å². The lowest BCUT2D eigenvalue weighted by atomic mass is 10.0. The van der Waals surface area contributed by atoms with Crippen molar-refractivity contribution in [2.75, 3.05) is 18.4 Å². The first-order valence-electron chi connectivity index (χ1n) is 10.5. The minimum atomic E-state index is -0.592. The third kappa shape index (κ3) is 6.21. The van der Waals surface area contributed by atoms with Crippen molar-refractivity contribution in [3.63, 3.8) is 0 Å². The molecule has 1 saturated heterocycles. The third-order valence-electron chi connectivity index (χ3n) is 5.47. The predicted molar refractivity (Wildman–Crippen MR) is 129 cm³/mol. The van der Waals surface area contributed by atoms with Gasteiger partial charge < -0.3 is 14.8 Å². The fraction of sp³-hybridized carbons (Fsp3) is 0.208. The second-order valence-electron chi connectivity index (χ2n) is 7.63. The van der Waals surface area contributed by atoms with Gasteiger partial charge in [-0.1, -0.05) is 0 Å². The van der Waals surface area contributed by atoms with Crippen molar-refractivity contribution < 1.29 is 14.8 Å². The summed E-state index contributed by atoms with van der Waals surface area (Å²) in [5, 5.41) is 11.9. The quantitative estimate of drug-likeness (QED) is 0.292. The number of benzene rings is 1. The lowest BCUT2D eigenvalue weighted by molar-refractivity contribution is -0.124. The molecule has 0 bridgehead atoms. The summed E-state index contributed by atoms with van der Waals surface area (Å²) in [4.78, 5) is 30.2. The number of anilines is 1. The number of hydrogen-bond acceptors (Lipinski definition) is 5. The molecule has 9 heteroatoms. The highest BCUT2D eigenvalue weighted by molar-refractivity contribution is 5.94. The molecular formula is C24H26ClN5O3. The van der Waals surface area contributed by atoms with E-state index in [0.29, 0.717) is 18.7 Å². The van der Waals surface area contributed by atoms with E-state index in [1.54, 1.807) is 17.8 Å². The Morgan fingerprint density at radius 2 is 1.73 bits per heavy atom. The average Bonchev–Trinajstić information content (AvgIpc) is 3.39. The number of halogens is 1. The number of pyridine rings is 1. The van der Waals surface area contributed by atoms with E-state index in [0.717, 1.165) is 29.9 Å². The van der Waals surface area contributed by atoms with E-state index in [9.17, 15) is 9.59 Å². The second kappa shape index (κ2) is 11.3. The summed E-state index contributed by atoms with van der Waals surface area (Å²) < 4.78 is 2.01. The molecule has 8 nitrogen and oxygen atoms in total. The van der Waals surface area contributed by atoms with E-state index in [-0.39, 0.29) is 24.4 Å². The number of nitrogens with one attached hydrogen (secondary N) is 2. The van der Waals surface area contributed by atoms with E-state index in [4.69, 9.17) is 5.21 Å². The minimum Gasteiger partial charge on any atom is -0.367 e. The molecule has 0 atom stereocenters. The van der Waals surface area contributed by atoms with Crippen molar-refractivity contribution in [1.29, 1.82) is 0 Å². The number of amides is 2. The van der Waals surface area contributed by atoms with Gasteiger partial charge in [0.15, 0.2) is 0 Å². The van der Waals surface area contributed by atoms with Gasteiger partial charge in [-0.25, -0.2) is 10.5 Å². The van der Waals surface area contributed by atoms with E-state index < -0.39 is 5.91 Å². The van der Waals surface area contributed by atoms with Gasteiger partial charge in [0.1, 0.15) is 5.82 Å². The molecule has 0 aliphatic carbocycles. The molecule has 3 aromatic rings. The lowest BCUT2D eigenvalue weighted by Gasteiger charge is -2.32. The fourth-order valence-electron chi connectivity index (χ4n) is 3.70. The number of rotatable bonds is 6. The predicted octanol–water partition coefficient (Wildman–Crippen LogP) is 3.53. The van der Waals surface area contributed by atoms with E-state index in [2.05, 4.69) is 10.3 Å². The van der Waals surface area contributed by atoms with Crippen LogP contribution in [0.2, 0.25) is 0 Å². The summed E-state index contributed by atoms with van der Waals surface area (Å²) in [6.07, 6.45) is 10.1. The normalized spacial score (nSPS) is 14.0. The van der Waals surface area contributed by atoms with Gasteiger partial charge in [0, 0.05) is 55.0 Å². The molecule has 2 amide bonds. The van der Waals surface area contributed by atoms with Crippen LogP contribution >= 0.6 is 12.4 Å². The highest BCUT2D eigenvalue weighted by atomic mass is 35.5. The number of likely N-dealkylation sites (tertiary alicyclic amines) is 1. The molecule has 1 aromatic carbocycles. The van der Waals surface area contributed by atoms with Gasteiger partial charge in [-0.05, 0) is 73.0 Å². The van der Waals surface area contributed by atoms with Crippen LogP contribution in [0.25, 0.3) is 11.8 Å². The summed E-state index contributed by atoms with van der Waals surface area (Å²) >= 11 is 0. The van der Waals surface area contributed by atoms with Crippen LogP contribution in [0, 0.1) is 0 Å². The van der Waals surface area contributed by atoms with Gasteiger partial charge in [-0.3, -0.25) is 14.8 Å². The summed E-state index contributed by atoms with van der Waals surface area (Å²) in [6, 6.07) is 15.5. The summed E-state index contributed by atoms with van der Waals surface area (Å²) in [5.41, 5.74) is 4.02. The molecule has 0 unspecified atom stereocenters. The van der Waals surface area contributed by atoms with Crippen molar-refractivity contribution in [2.45, 2.75) is 18.9 Å². The zero-order valence-corrected chi connectivity index (χ0v) is 18.7. The first-order valence-corrected chi connectivity index (χ1v) is 10.5. The Kier molecular flexibility index (Phi) is 8.23. The van der Waals surface area contributed by atoms with Crippen LogP contribution in [0.3, 0.4) is 0 Å². The van der Waals surface area contributed by atoms with Crippen molar-refractivity contribution in [1.82, 2.24) is 19.9 Å². The molecule has 0 saturated carbocycles. The molecule has 2 aromatic heterocycles. The first-order chi connectivity index (χ1) is 15.6. The van der Waals surface area contributed by atoms with Crippen LogP contribution in [0.1, 0.15) is 28.8 Å². The minimum absolute atomic E-state index is 0. The second-order valence-corrected chi connectivity index (χ2v) is 7.63. The number of piperidine rings is 1. The van der Waals surface area contributed by atoms with E-state index in [1.165, 1.54) is 6.08 Å². The summed E-state index contributed by atoms with van der Waals surface area (Å²) in [7, 11) is 0. The smallest absolute Gasteiger partial charge is 0.267 e. The number of carbonyl (C=O) groups excluding carboxylic acids is 2. The van der Waals surface area contributed by atoms with Gasteiger partial charge in [0.25, 0.3) is 11.8 Å². The zero-order valence-electron chi connectivity index (χ0n) is 17.9. The average molecular weight is 468 g/mol. The number of hydroxylamine groups is 1. The SMILES string of the molecule is Cl.O=C(/C=C/c1ccc(NC2CCN(C(=O)c3ccc(-n4cccc4)cc3)CC2)nc1)NO. The van der Waals surface area contributed by atoms with Crippen molar-refractivity contribution >= 4 is 36.1 Å². The Morgan fingerprint density at radius 3 is 2.33 bits per heavy atom. The van der Waals surface area contributed by atoms with Gasteiger partial charge in [0.05, 0.1) is 0 Å². The van der Waals surface area contributed by atoms with Gasteiger partial charge in [-0.2, -0.15) is 0 Å². The summed E-state index contributed by atoms with van der Waals surface area (Å²) in [5.74, 6) is 0.216. The van der Waals surface area contributed by atoms with Crippen LogP contribution in [0.15, 0.2) is 73.2 Å². The zero-order chi connectivity index (χ0) is 22.3. The van der Waals surface area contributed by atoms with Crippen molar-refractivity contribution in [3.05, 3.63) is 84.3 Å². The van der Waals surface area contributed by atoms with Crippen molar-refractivity contribution in [3.8, 4) is 5.69 Å². The number of aromatic nitrogens is 2. The van der Waals surface area contributed by atoms with E-state index >= 15 is 0 Å². The van der Waals surface area contributed by atoms with Crippen LogP contribution < -0.4 is 10.8 Å². The maximum atomic E-state index is 12.9. The highest BCUT2D eigenvalue weighted by Gasteiger charge is 2.23. The summed E-state index contributed by atoms with van der Waals surface area (Å²) in [6.45, 7) is 1.37. The molecule has 172 valence electrons. The topological polar surface area (TPSA) is 99.5 Å². The lowest BCUT2D eigenvalue weighted by Crippen LogP contribution is -2.42. The molecule has 4 rings (SSSR count). The Bertz CT molecular complexity index is 1070. The molecule has 1 fully saturated rings. The van der Waals surface area contributed by atoms with Crippen LogP contribution in [0.5, 0.6) is 0 Å². The largest absolute Gasteiger partial charge is 0.367 e. The Labute approximate surface area is 198 Å². The fourth-order valence-corrected chi connectivity index (χ4v) is 3.70. The number of nitrogens with zero attached hydrogens (tertiary/aromatic N) is 3. The van der Waals surface area contributed by atoms with E-state index in [1.807, 2.05) is 70.4 Å². The van der Waals surface area contributed by atoms with Crippen LogP contribution in [-0.4, -0.2) is 50.6 Å². The molecule has 33 heavy (non-hydrogen) atoms. The van der Waals surface area contributed by atoms with Gasteiger partial charge in [0.2, 0.25) is 0 Å². The van der Waals surface area contributed by atoms with Crippen LogP contribution in [-0.2, 0) is 4.79 Å².